The Balaban J connectivity index is 2.12. The summed E-state index contributed by atoms with van der Waals surface area (Å²) in [6, 6.07) is 0. The second-order valence-corrected chi connectivity index (χ2v) is 5.72. The van der Waals surface area contributed by atoms with E-state index in [0.717, 1.165) is 37.8 Å². The number of nitrogens with one attached hydrogen (secondary N) is 1. The molecule has 2 rings (SSSR count). The number of rotatable bonds is 4. The zero-order valence-electron chi connectivity index (χ0n) is 11.8. The summed E-state index contributed by atoms with van der Waals surface area (Å²) in [5.41, 5.74) is 0. The Labute approximate surface area is 120 Å². The molecule has 1 aliphatic rings. The van der Waals surface area contributed by atoms with Gasteiger partial charge in [-0.3, -0.25) is 0 Å². The van der Waals surface area contributed by atoms with Crippen LogP contribution in [0.2, 0.25) is 5.02 Å². The lowest BCUT2D eigenvalue weighted by Crippen LogP contribution is -2.26. The molecule has 1 aromatic heterocycles. The first-order valence-electron chi connectivity index (χ1n) is 7.22. The maximum absolute atomic E-state index is 6.26. The van der Waals surface area contributed by atoms with Gasteiger partial charge in [0.2, 0.25) is 5.95 Å². The van der Waals surface area contributed by atoms with Crippen molar-refractivity contribution in [3.05, 3.63) is 11.2 Å². The SMILES string of the molecule is CCCNc1ncc(Cl)c(N2CCCC(C)CC2)n1. The number of hydrogen-bond donors (Lipinski definition) is 1. The van der Waals surface area contributed by atoms with Crippen LogP contribution in [0.15, 0.2) is 6.20 Å². The fraction of sp³-hybridized carbons (Fsp3) is 0.714. The molecule has 106 valence electrons. The van der Waals surface area contributed by atoms with Crippen molar-refractivity contribution in [2.24, 2.45) is 5.92 Å². The summed E-state index contributed by atoms with van der Waals surface area (Å²) in [7, 11) is 0. The Hall–Kier alpha value is -1.03. The first-order chi connectivity index (χ1) is 9.20. The van der Waals surface area contributed by atoms with E-state index in [1.165, 1.54) is 19.3 Å². The lowest BCUT2D eigenvalue weighted by molar-refractivity contribution is 0.521. The maximum atomic E-state index is 6.26. The molecular weight excluding hydrogens is 260 g/mol. The lowest BCUT2D eigenvalue weighted by Gasteiger charge is -2.22. The molecule has 19 heavy (non-hydrogen) atoms. The quantitative estimate of drug-likeness (QED) is 0.916. The Morgan fingerprint density at radius 2 is 2.26 bits per heavy atom. The highest BCUT2D eigenvalue weighted by molar-refractivity contribution is 6.32. The molecule has 0 aromatic carbocycles. The van der Waals surface area contributed by atoms with Gasteiger partial charge in [0.25, 0.3) is 0 Å². The normalized spacial score (nSPS) is 20.2. The van der Waals surface area contributed by atoms with Crippen molar-refractivity contribution in [1.82, 2.24) is 9.97 Å². The van der Waals surface area contributed by atoms with E-state index in [-0.39, 0.29) is 0 Å². The highest BCUT2D eigenvalue weighted by Crippen LogP contribution is 2.27. The summed E-state index contributed by atoms with van der Waals surface area (Å²) in [5.74, 6) is 2.35. The number of aromatic nitrogens is 2. The molecule has 1 aliphatic heterocycles. The summed E-state index contributed by atoms with van der Waals surface area (Å²) in [6.45, 7) is 7.40. The molecule has 0 radical (unpaired) electrons. The predicted molar refractivity (Wildman–Crippen MR) is 81.1 cm³/mol. The van der Waals surface area contributed by atoms with Gasteiger partial charge in [0, 0.05) is 19.6 Å². The van der Waals surface area contributed by atoms with Crippen LogP contribution in [-0.2, 0) is 0 Å². The Morgan fingerprint density at radius 3 is 3.05 bits per heavy atom. The Bertz CT molecular complexity index is 410. The van der Waals surface area contributed by atoms with Crippen molar-refractivity contribution in [3.8, 4) is 0 Å². The fourth-order valence-corrected chi connectivity index (χ4v) is 2.59. The minimum absolute atomic E-state index is 0.650. The molecule has 1 N–H and O–H groups in total. The van der Waals surface area contributed by atoms with Crippen molar-refractivity contribution in [1.29, 1.82) is 0 Å². The van der Waals surface area contributed by atoms with Gasteiger partial charge in [0.15, 0.2) is 5.82 Å². The van der Waals surface area contributed by atoms with E-state index in [2.05, 4.69) is 34.0 Å². The molecule has 0 amide bonds. The van der Waals surface area contributed by atoms with Gasteiger partial charge in [0.05, 0.1) is 6.20 Å². The van der Waals surface area contributed by atoms with Crippen molar-refractivity contribution in [2.45, 2.75) is 39.5 Å². The monoisotopic (exact) mass is 282 g/mol. The van der Waals surface area contributed by atoms with Crippen LogP contribution in [0, 0.1) is 5.92 Å². The van der Waals surface area contributed by atoms with Crippen LogP contribution < -0.4 is 10.2 Å². The first kappa shape index (κ1) is 14.4. The van der Waals surface area contributed by atoms with Crippen LogP contribution in [0.3, 0.4) is 0 Å². The zero-order valence-corrected chi connectivity index (χ0v) is 12.6. The van der Waals surface area contributed by atoms with Crippen LogP contribution in [0.1, 0.15) is 39.5 Å². The molecule has 1 saturated heterocycles. The Morgan fingerprint density at radius 1 is 1.42 bits per heavy atom. The summed E-state index contributed by atoms with van der Waals surface area (Å²) >= 11 is 6.26. The molecule has 2 heterocycles. The van der Waals surface area contributed by atoms with Gasteiger partial charge in [-0.1, -0.05) is 25.4 Å². The van der Waals surface area contributed by atoms with Gasteiger partial charge >= 0.3 is 0 Å². The molecule has 4 nitrogen and oxygen atoms in total. The predicted octanol–water partition coefficient (Wildman–Crippen LogP) is 3.58. The topological polar surface area (TPSA) is 41.1 Å². The molecule has 1 atom stereocenters. The molecule has 0 aliphatic carbocycles. The van der Waals surface area contributed by atoms with Gasteiger partial charge in [-0.25, -0.2) is 4.98 Å². The van der Waals surface area contributed by atoms with E-state index in [4.69, 9.17) is 11.6 Å². The largest absolute Gasteiger partial charge is 0.355 e. The molecule has 0 bridgehead atoms. The second-order valence-electron chi connectivity index (χ2n) is 5.32. The van der Waals surface area contributed by atoms with Gasteiger partial charge in [-0.05, 0) is 31.6 Å². The molecule has 5 heteroatoms. The molecule has 0 saturated carbocycles. The smallest absolute Gasteiger partial charge is 0.224 e. The summed E-state index contributed by atoms with van der Waals surface area (Å²) in [6.07, 6.45) is 6.47. The standard InChI is InChI=1S/C14H23ClN4/c1-3-7-16-14-17-10-12(15)13(18-14)19-8-4-5-11(2)6-9-19/h10-11H,3-9H2,1-2H3,(H,16,17,18). The van der Waals surface area contributed by atoms with E-state index < -0.39 is 0 Å². The van der Waals surface area contributed by atoms with Crippen molar-refractivity contribution in [2.75, 3.05) is 29.9 Å². The van der Waals surface area contributed by atoms with Crippen LogP contribution in [0.5, 0.6) is 0 Å². The maximum Gasteiger partial charge on any atom is 0.224 e. The van der Waals surface area contributed by atoms with E-state index in [1.54, 1.807) is 6.20 Å². The molecule has 1 aromatic rings. The highest BCUT2D eigenvalue weighted by atomic mass is 35.5. The van der Waals surface area contributed by atoms with Gasteiger partial charge < -0.3 is 10.2 Å². The molecule has 1 unspecified atom stereocenters. The average Bonchev–Trinajstić information content (AvgIpc) is 2.63. The fourth-order valence-electron chi connectivity index (χ4n) is 2.38. The van der Waals surface area contributed by atoms with Crippen LogP contribution in [-0.4, -0.2) is 29.6 Å². The third-order valence-electron chi connectivity index (χ3n) is 3.58. The highest BCUT2D eigenvalue weighted by Gasteiger charge is 2.18. The van der Waals surface area contributed by atoms with E-state index in [9.17, 15) is 0 Å². The average molecular weight is 283 g/mol. The molecule has 0 spiro atoms. The van der Waals surface area contributed by atoms with E-state index in [1.807, 2.05) is 0 Å². The van der Waals surface area contributed by atoms with Crippen molar-refractivity contribution in [3.63, 3.8) is 0 Å². The van der Waals surface area contributed by atoms with E-state index >= 15 is 0 Å². The van der Waals surface area contributed by atoms with Gasteiger partial charge in [-0.15, -0.1) is 0 Å². The minimum atomic E-state index is 0.650. The minimum Gasteiger partial charge on any atom is -0.355 e. The van der Waals surface area contributed by atoms with Crippen LogP contribution in [0.25, 0.3) is 0 Å². The Kier molecular flexibility index (Phi) is 5.25. The van der Waals surface area contributed by atoms with Crippen LogP contribution in [0.4, 0.5) is 11.8 Å². The van der Waals surface area contributed by atoms with Gasteiger partial charge in [-0.2, -0.15) is 4.98 Å². The lowest BCUT2D eigenvalue weighted by atomic mass is 10.0. The molecule has 1 fully saturated rings. The molecular formula is C14H23ClN4. The van der Waals surface area contributed by atoms with Crippen molar-refractivity contribution < 1.29 is 0 Å². The number of halogens is 1. The van der Waals surface area contributed by atoms with Gasteiger partial charge in [0.1, 0.15) is 5.02 Å². The summed E-state index contributed by atoms with van der Waals surface area (Å²) in [5, 5.41) is 3.87. The third kappa shape index (κ3) is 3.96. The summed E-state index contributed by atoms with van der Waals surface area (Å²) in [4.78, 5) is 11.1. The first-order valence-corrected chi connectivity index (χ1v) is 7.60. The third-order valence-corrected chi connectivity index (χ3v) is 3.84. The van der Waals surface area contributed by atoms with Crippen LogP contribution >= 0.6 is 11.6 Å². The number of nitrogens with zero attached hydrogens (tertiary/aromatic N) is 3. The number of anilines is 2. The second kappa shape index (κ2) is 6.94. The van der Waals surface area contributed by atoms with E-state index in [0.29, 0.717) is 11.0 Å². The summed E-state index contributed by atoms with van der Waals surface area (Å²) < 4.78 is 0. The zero-order chi connectivity index (χ0) is 13.7. The number of hydrogen-bond acceptors (Lipinski definition) is 4. The van der Waals surface area contributed by atoms with Crippen molar-refractivity contribution >= 4 is 23.4 Å².